The molecule has 3 rings (SSSR count). The van der Waals surface area contributed by atoms with Crippen LogP contribution in [0.25, 0.3) is 11.1 Å². The average Bonchev–Trinajstić information content (AvgIpc) is 3.28. The van der Waals surface area contributed by atoms with Gasteiger partial charge in [-0.25, -0.2) is 4.79 Å². The van der Waals surface area contributed by atoms with Crippen molar-refractivity contribution in [3.63, 3.8) is 0 Å². The molecule has 156 valence electrons. The van der Waals surface area contributed by atoms with Crippen LogP contribution in [0.1, 0.15) is 36.5 Å². The van der Waals surface area contributed by atoms with Crippen LogP contribution in [0.5, 0.6) is 0 Å². The molecular weight excluding hydrogens is 402 g/mol. The number of nitrogens with one attached hydrogen (secondary N) is 1. The zero-order valence-electron chi connectivity index (χ0n) is 16.6. The second kappa shape index (κ2) is 10.3. The Hall–Kier alpha value is -2.77. The minimum atomic E-state index is -0.943. The van der Waals surface area contributed by atoms with Gasteiger partial charge in [0.1, 0.15) is 6.04 Å². The Morgan fingerprint density at radius 1 is 1.03 bits per heavy atom. The Morgan fingerprint density at radius 3 is 2.30 bits per heavy atom. The van der Waals surface area contributed by atoms with E-state index in [1.54, 1.807) is 12.1 Å². The van der Waals surface area contributed by atoms with Crippen LogP contribution in [0.3, 0.4) is 0 Å². The third-order valence-corrected chi connectivity index (χ3v) is 5.79. The maximum atomic E-state index is 12.9. The molecule has 2 aromatic carbocycles. The quantitative estimate of drug-likeness (QED) is 0.413. The topological polar surface area (TPSA) is 89.5 Å². The number of esters is 2. The van der Waals surface area contributed by atoms with Crippen molar-refractivity contribution in [2.75, 3.05) is 6.54 Å². The predicted molar refractivity (Wildman–Crippen MR) is 115 cm³/mol. The van der Waals surface area contributed by atoms with E-state index in [2.05, 4.69) is 5.32 Å². The molecule has 2 aromatic rings. The summed E-state index contributed by atoms with van der Waals surface area (Å²) in [4.78, 5) is 48.8. The molecule has 0 spiro atoms. The van der Waals surface area contributed by atoms with Gasteiger partial charge in [-0.1, -0.05) is 66.4 Å². The lowest BCUT2D eigenvalue weighted by atomic mass is 10.0. The Morgan fingerprint density at radius 2 is 1.70 bits per heavy atom. The molecule has 0 aliphatic carbocycles. The smallest absolute Gasteiger partial charge is 0.330 e. The van der Waals surface area contributed by atoms with Gasteiger partial charge >= 0.3 is 11.9 Å². The number of Topliss-reactive ketones (excluding diaryl/α,β-unsaturated/α-hetero) is 1. The van der Waals surface area contributed by atoms with Gasteiger partial charge in [0.2, 0.25) is 0 Å². The van der Waals surface area contributed by atoms with E-state index >= 15 is 0 Å². The summed E-state index contributed by atoms with van der Waals surface area (Å²) in [5, 5.41) is 1.73. The highest BCUT2D eigenvalue weighted by atomic mass is 32.2. The molecule has 6 nitrogen and oxygen atoms in total. The summed E-state index contributed by atoms with van der Waals surface area (Å²) >= 11 is 0.775. The molecule has 1 fully saturated rings. The van der Waals surface area contributed by atoms with Crippen LogP contribution in [-0.4, -0.2) is 40.7 Å². The zero-order chi connectivity index (χ0) is 21.5. The highest BCUT2D eigenvalue weighted by Gasteiger charge is 2.30. The normalized spacial score (nSPS) is 16.6. The minimum Gasteiger partial charge on any atom is -0.392 e. The first-order valence-electron chi connectivity index (χ1n) is 9.79. The predicted octanol–water partition coefficient (Wildman–Crippen LogP) is 3.40. The standard InChI is InChI=1S/C23H23NO5S/c1-15(25)30-20(14-21(26)29-23(28)19-8-5-13-24-19)22(27)18-11-9-17(10-12-18)16-6-3-2-4-7-16/h2-4,6-7,9-12,19-20,24H,5,8,13-14H2,1H3/t19-,20?/m0/s1. The highest BCUT2D eigenvalue weighted by molar-refractivity contribution is 8.14. The summed E-state index contributed by atoms with van der Waals surface area (Å²) in [6.07, 6.45) is 1.11. The average molecular weight is 426 g/mol. The second-order valence-corrected chi connectivity index (χ2v) is 8.43. The molecule has 0 aromatic heterocycles. The first kappa shape index (κ1) is 21.9. The summed E-state index contributed by atoms with van der Waals surface area (Å²) in [5.74, 6) is -1.79. The summed E-state index contributed by atoms with van der Waals surface area (Å²) in [6.45, 7) is 2.04. The third-order valence-electron chi connectivity index (χ3n) is 4.79. The van der Waals surface area contributed by atoms with Crippen molar-refractivity contribution in [1.82, 2.24) is 5.32 Å². The Bertz CT molecular complexity index is 920. The van der Waals surface area contributed by atoms with Crippen LogP contribution in [0.2, 0.25) is 0 Å². The lowest BCUT2D eigenvalue weighted by molar-refractivity contribution is -0.160. The lowest BCUT2D eigenvalue weighted by Crippen LogP contribution is -2.35. The maximum absolute atomic E-state index is 12.9. The summed E-state index contributed by atoms with van der Waals surface area (Å²) in [7, 11) is 0. The highest BCUT2D eigenvalue weighted by Crippen LogP contribution is 2.24. The van der Waals surface area contributed by atoms with E-state index in [1.165, 1.54) is 6.92 Å². The number of hydrogen-bond acceptors (Lipinski definition) is 7. The molecule has 1 saturated heterocycles. The Balaban J connectivity index is 1.68. The van der Waals surface area contributed by atoms with E-state index in [1.807, 2.05) is 42.5 Å². The molecule has 0 radical (unpaired) electrons. The fourth-order valence-electron chi connectivity index (χ4n) is 3.29. The van der Waals surface area contributed by atoms with Crippen molar-refractivity contribution in [1.29, 1.82) is 0 Å². The van der Waals surface area contributed by atoms with Gasteiger partial charge in [-0.2, -0.15) is 0 Å². The van der Waals surface area contributed by atoms with Crippen molar-refractivity contribution >= 4 is 34.6 Å². The largest absolute Gasteiger partial charge is 0.392 e. The second-order valence-electron chi connectivity index (χ2n) is 7.05. The van der Waals surface area contributed by atoms with Crippen molar-refractivity contribution in [3.05, 3.63) is 60.2 Å². The number of hydrogen-bond donors (Lipinski definition) is 1. The molecule has 1 N–H and O–H groups in total. The third kappa shape index (κ3) is 5.87. The number of benzene rings is 2. The van der Waals surface area contributed by atoms with Gasteiger partial charge in [0, 0.05) is 12.5 Å². The van der Waals surface area contributed by atoms with Crippen LogP contribution in [-0.2, 0) is 19.1 Å². The fraction of sp³-hybridized carbons (Fsp3) is 0.304. The van der Waals surface area contributed by atoms with E-state index in [9.17, 15) is 19.2 Å². The first-order chi connectivity index (χ1) is 14.4. The maximum Gasteiger partial charge on any atom is 0.330 e. The van der Waals surface area contributed by atoms with Gasteiger partial charge in [-0.15, -0.1) is 0 Å². The molecule has 0 saturated carbocycles. The van der Waals surface area contributed by atoms with Gasteiger partial charge in [0.25, 0.3) is 0 Å². The molecule has 30 heavy (non-hydrogen) atoms. The van der Waals surface area contributed by atoms with Crippen LogP contribution in [0.4, 0.5) is 0 Å². The van der Waals surface area contributed by atoms with Crippen molar-refractivity contribution < 1.29 is 23.9 Å². The monoisotopic (exact) mass is 425 g/mol. The lowest BCUT2D eigenvalue weighted by Gasteiger charge is -2.14. The van der Waals surface area contributed by atoms with Crippen LogP contribution < -0.4 is 5.32 Å². The summed E-state index contributed by atoms with van der Waals surface area (Å²) in [6, 6.07) is 16.2. The molecule has 1 unspecified atom stereocenters. The van der Waals surface area contributed by atoms with E-state index < -0.39 is 23.2 Å². The van der Waals surface area contributed by atoms with Crippen LogP contribution in [0.15, 0.2) is 54.6 Å². The number of ketones is 1. The SMILES string of the molecule is CC(=O)SC(CC(=O)OC(=O)[C@@H]1CCCN1)C(=O)c1ccc(-c2ccccc2)cc1. The number of carbonyl (C=O) groups excluding carboxylic acids is 4. The van der Waals surface area contributed by atoms with Gasteiger partial charge in [-0.05, 0) is 30.5 Å². The van der Waals surface area contributed by atoms with Crippen LogP contribution >= 0.6 is 11.8 Å². The minimum absolute atomic E-state index is 0.286. The number of thioether (sulfide) groups is 1. The van der Waals surface area contributed by atoms with Gasteiger partial charge in [0.05, 0.1) is 11.7 Å². The number of rotatable bonds is 7. The number of carbonyl (C=O) groups is 4. The van der Waals surface area contributed by atoms with E-state index in [0.717, 1.165) is 29.3 Å². The van der Waals surface area contributed by atoms with Gasteiger partial charge in [-0.3, -0.25) is 14.4 Å². The van der Waals surface area contributed by atoms with Crippen LogP contribution in [0, 0.1) is 0 Å². The Labute approximate surface area is 179 Å². The van der Waals surface area contributed by atoms with Gasteiger partial charge < -0.3 is 10.1 Å². The zero-order valence-corrected chi connectivity index (χ0v) is 17.4. The van der Waals surface area contributed by atoms with Gasteiger partial charge in [0.15, 0.2) is 10.9 Å². The molecule has 1 aliphatic heterocycles. The molecule has 0 bridgehead atoms. The van der Waals surface area contributed by atoms with Crippen molar-refractivity contribution in [2.24, 2.45) is 0 Å². The fourth-order valence-corrected chi connectivity index (χ4v) is 4.16. The van der Waals surface area contributed by atoms with E-state index in [-0.39, 0.29) is 17.3 Å². The molecule has 1 heterocycles. The van der Waals surface area contributed by atoms with Crippen molar-refractivity contribution in [3.8, 4) is 11.1 Å². The van der Waals surface area contributed by atoms with Crippen molar-refractivity contribution in [2.45, 2.75) is 37.5 Å². The first-order valence-corrected chi connectivity index (χ1v) is 10.7. The number of ether oxygens (including phenoxy) is 1. The summed E-state index contributed by atoms with van der Waals surface area (Å²) in [5.41, 5.74) is 2.37. The van der Waals surface area contributed by atoms with E-state index in [4.69, 9.17) is 4.74 Å². The molecule has 7 heteroatoms. The van der Waals surface area contributed by atoms with E-state index in [0.29, 0.717) is 18.5 Å². The summed E-state index contributed by atoms with van der Waals surface area (Å²) < 4.78 is 4.89. The molecule has 1 aliphatic rings. The molecule has 2 atom stereocenters. The Kier molecular flexibility index (Phi) is 7.54. The molecular formula is C23H23NO5S. The molecule has 0 amide bonds.